The molecule has 1 amide bonds. The lowest BCUT2D eigenvalue weighted by Gasteiger charge is -2.47. The Morgan fingerprint density at radius 1 is 1.73 bits per heavy atom. The molecule has 11 heavy (non-hydrogen) atoms. The fraction of sp³-hybridized carbons (Fsp3) is 0.667. The third-order valence-electron chi connectivity index (χ3n) is 1.97. The van der Waals surface area contributed by atoms with Gasteiger partial charge in [0.15, 0.2) is 0 Å². The van der Waals surface area contributed by atoms with Crippen LogP contribution >= 0.6 is 11.8 Å². The smallest absolute Gasteiger partial charge is 0.243 e. The van der Waals surface area contributed by atoms with Crippen molar-refractivity contribution >= 4 is 23.4 Å². The first kappa shape index (κ1) is 7.12. The van der Waals surface area contributed by atoms with E-state index in [-0.39, 0.29) is 17.3 Å². The van der Waals surface area contributed by atoms with Crippen molar-refractivity contribution in [3.63, 3.8) is 0 Å². The van der Waals surface area contributed by atoms with Gasteiger partial charge in [0, 0.05) is 11.5 Å². The van der Waals surface area contributed by atoms with Crippen molar-refractivity contribution in [2.75, 3.05) is 12.3 Å². The van der Waals surface area contributed by atoms with Crippen LogP contribution < -0.4 is 5.73 Å². The molecule has 5 heteroatoms. The summed E-state index contributed by atoms with van der Waals surface area (Å²) in [6, 6.07) is -0.312. The lowest BCUT2D eigenvalue weighted by molar-refractivity contribution is -0.143. The minimum atomic E-state index is -0.312. The van der Waals surface area contributed by atoms with Crippen molar-refractivity contribution in [3.05, 3.63) is 0 Å². The van der Waals surface area contributed by atoms with Crippen molar-refractivity contribution in [2.24, 2.45) is 5.73 Å². The third-order valence-corrected chi connectivity index (χ3v) is 3.38. The number of nitrogens with two attached hydrogens (primary N) is 1. The first-order valence-corrected chi connectivity index (χ1v) is 4.49. The van der Waals surface area contributed by atoms with Gasteiger partial charge >= 0.3 is 0 Å². The summed E-state index contributed by atoms with van der Waals surface area (Å²) in [5.74, 6) is 0.717. The first-order chi connectivity index (χ1) is 5.20. The van der Waals surface area contributed by atoms with E-state index in [1.807, 2.05) is 0 Å². The van der Waals surface area contributed by atoms with Crippen LogP contribution in [0.3, 0.4) is 0 Å². The third kappa shape index (κ3) is 0.877. The van der Waals surface area contributed by atoms with E-state index < -0.39 is 0 Å². The quantitative estimate of drug-likeness (QED) is 0.471. The standard InChI is InChI=1S/C6H9N3OS/c7-3-1-9-5(10)4(8)6(9)11-2-3/h4,6-7H,1-2,8H2/t4?,6-/m0/s1. The van der Waals surface area contributed by atoms with Crippen LogP contribution in [0.4, 0.5) is 0 Å². The fourth-order valence-corrected chi connectivity index (χ4v) is 2.49. The second-order valence-electron chi connectivity index (χ2n) is 2.80. The van der Waals surface area contributed by atoms with Gasteiger partial charge < -0.3 is 16.0 Å². The Hall–Kier alpha value is -0.550. The number of amides is 1. The number of rotatable bonds is 0. The molecular weight excluding hydrogens is 162 g/mol. The Labute approximate surface area is 68.6 Å². The van der Waals surface area contributed by atoms with Gasteiger partial charge in [0.2, 0.25) is 5.91 Å². The van der Waals surface area contributed by atoms with Crippen LogP contribution in [0.25, 0.3) is 0 Å². The van der Waals surface area contributed by atoms with E-state index in [9.17, 15) is 4.79 Å². The molecule has 0 aromatic rings. The molecule has 0 aromatic carbocycles. The number of hydrogen-bond acceptors (Lipinski definition) is 4. The SMILES string of the molecule is N=C1CS[C@H]2C(N)C(=O)N2C1. The second kappa shape index (κ2) is 2.22. The Bertz CT molecular complexity index is 230. The monoisotopic (exact) mass is 171 g/mol. The summed E-state index contributed by atoms with van der Waals surface area (Å²) in [7, 11) is 0. The summed E-state index contributed by atoms with van der Waals surface area (Å²) in [6.45, 7) is 0.490. The average molecular weight is 171 g/mol. The van der Waals surface area contributed by atoms with Crippen molar-refractivity contribution < 1.29 is 4.79 Å². The largest absolute Gasteiger partial charge is 0.322 e. The van der Waals surface area contributed by atoms with Gasteiger partial charge in [0.05, 0.1) is 6.54 Å². The predicted molar refractivity (Wildman–Crippen MR) is 43.7 cm³/mol. The van der Waals surface area contributed by atoms with Crippen molar-refractivity contribution in [1.82, 2.24) is 4.90 Å². The highest BCUT2D eigenvalue weighted by Crippen LogP contribution is 2.31. The van der Waals surface area contributed by atoms with Crippen LogP contribution in [0, 0.1) is 5.41 Å². The van der Waals surface area contributed by atoms with Crippen LogP contribution in [0.15, 0.2) is 0 Å². The van der Waals surface area contributed by atoms with Gasteiger partial charge in [-0.1, -0.05) is 0 Å². The van der Waals surface area contributed by atoms with E-state index >= 15 is 0 Å². The van der Waals surface area contributed by atoms with Gasteiger partial charge in [-0.3, -0.25) is 4.79 Å². The van der Waals surface area contributed by atoms with Crippen molar-refractivity contribution in [1.29, 1.82) is 5.41 Å². The number of carbonyl (C=O) groups is 1. The molecule has 1 unspecified atom stereocenters. The highest BCUT2D eigenvalue weighted by Gasteiger charge is 2.47. The van der Waals surface area contributed by atoms with Crippen molar-refractivity contribution in [2.45, 2.75) is 11.4 Å². The van der Waals surface area contributed by atoms with Gasteiger partial charge in [0.25, 0.3) is 0 Å². The summed E-state index contributed by atoms with van der Waals surface area (Å²) < 4.78 is 0. The second-order valence-corrected chi connectivity index (χ2v) is 3.90. The minimum Gasteiger partial charge on any atom is -0.322 e. The highest BCUT2D eigenvalue weighted by molar-refractivity contribution is 8.00. The van der Waals surface area contributed by atoms with Gasteiger partial charge in [-0.05, 0) is 0 Å². The number of thioether (sulfide) groups is 1. The topological polar surface area (TPSA) is 70.2 Å². The number of nitrogens with zero attached hydrogens (tertiary/aromatic N) is 1. The highest BCUT2D eigenvalue weighted by atomic mass is 32.2. The molecule has 2 fully saturated rings. The first-order valence-electron chi connectivity index (χ1n) is 3.44. The van der Waals surface area contributed by atoms with E-state index in [2.05, 4.69) is 0 Å². The maximum atomic E-state index is 11.0. The number of fused-ring (bicyclic) bond motifs is 1. The molecule has 4 nitrogen and oxygen atoms in total. The van der Waals surface area contributed by atoms with Crippen LogP contribution in [0.1, 0.15) is 0 Å². The summed E-state index contributed by atoms with van der Waals surface area (Å²) in [5.41, 5.74) is 6.16. The van der Waals surface area contributed by atoms with Crippen molar-refractivity contribution in [3.8, 4) is 0 Å². The Morgan fingerprint density at radius 3 is 3.18 bits per heavy atom. The molecule has 2 aliphatic heterocycles. The maximum Gasteiger partial charge on any atom is 0.243 e. The lowest BCUT2D eigenvalue weighted by atomic mass is 10.1. The molecule has 2 aliphatic rings. The summed E-state index contributed by atoms with van der Waals surface area (Å²) in [5, 5.41) is 7.49. The molecule has 0 saturated carbocycles. The van der Waals surface area contributed by atoms with E-state index in [1.165, 1.54) is 0 Å². The molecule has 2 saturated heterocycles. The summed E-state index contributed by atoms with van der Waals surface area (Å²) in [4.78, 5) is 12.7. The number of hydrogen-bond donors (Lipinski definition) is 2. The molecule has 0 radical (unpaired) electrons. The fourth-order valence-electron chi connectivity index (χ4n) is 1.35. The summed E-state index contributed by atoms with van der Waals surface area (Å²) in [6.07, 6.45) is 0. The molecule has 2 atom stereocenters. The van der Waals surface area contributed by atoms with Gasteiger partial charge in [0.1, 0.15) is 11.4 Å². The maximum absolute atomic E-state index is 11.0. The van der Waals surface area contributed by atoms with E-state index in [1.54, 1.807) is 16.7 Å². The Balaban J connectivity index is 2.10. The van der Waals surface area contributed by atoms with Crippen LogP contribution in [-0.2, 0) is 4.79 Å². The molecule has 0 spiro atoms. The number of nitrogens with one attached hydrogen (secondary N) is 1. The summed E-state index contributed by atoms with van der Waals surface area (Å²) >= 11 is 1.59. The predicted octanol–water partition coefficient (Wildman–Crippen LogP) is -0.751. The molecule has 0 aliphatic carbocycles. The normalized spacial score (nSPS) is 36.6. The zero-order valence-corrected chi connectivity index (χ0v) is 6.73. The number of carbonyl (C=O) groups excluding carboxylic acids is 1. The molecule has 60 valence electrons. The molecule has 0 bridgehead atoms. The molecule has 2 rings (SSSR count). The zero-order chi connectivity index (χ0) is 8.01. The van der Waals surface area contributed by atoms with Gasteiger partial charge in [-0.2, -0.15) is 0 Å². The number of β-lactam (4-membered cyclic amide) rings is 1. The van der Waals surface area contributed by atoms with Gasteiger partial charge in [-0.25, -0.2) is 0 Å². The Morgan fingerprint density at radius 2 is 2.45 bits per heavy atom. The molecule has 0 aromatic heterocycles. The zero-order valence-electron chi connectivity index (χ0n) is 5.91. The molecular formula is C6H9N3OS. The Kier molecular flexibility index (Phi) is 1.43. The molecule has 2 heterocycles. The van der Waals surface area contributed by atoms with E-state index in [4.69, 9.17) is 11.1 Å². The van der Waals surface area contributed by atoms with Crippen LogP contribution in [0.2, 0.25) is 0 Å². The lowest BCUT2D eigenvalue weighted by Crippen LogP contribution is -2.69. The van der Waals surface area contributed by atoms with E-state index in [0.717, 1.165) is 5.75 Å². The average Bonchev–Trinajstić information content (AvgIpc) is 2.03. The van der Waals surface area contributed by atoms with E-state index in [0.29, 0.717) is 12.3 Å². The van der Waals surface area contributed by atoms with Crippen LogP contribution in [-0.4, -0.2) is 40.2 Å². The molecule has 3 N–H and O–H groups in total. The van der Waals surface area contributed by atoms with Crippen LogP contribution in [0.5, 0.6) is 0 Å². The minimum absolute atomic E-state index is 0.00745. The van der Waals surface area contributed by atoms with Gasteiger partial charge in [-0.15, -0.1) is 11.8 Å².